The summed E-state index contributed by atoms with van der Waals surface area (Å²) in [5.74, 6) is -1.14. The Hall–Kier alpha value is -1.31. The van der Waals surface area contributed by atoms with Gasteiger partial charge in [0, 0.05) is 18.3 Å². The molecule has 0 bridgehead atoms. The van der Waals surface area contributed by atoms with Crippen LogP contribution >= 0.6 is 0 Å². The van der Waals surface area contributed by atoms with Gasteiger partial charge in [0.1, 0.15) is 9.84 Å². The summed E-state index contributed by atoms with van der Waals surface area (Å²) in [6.45, 7) is 3.47. The summed E-state index contributed by atoms with van der Waals surface area (Å²) in [6, 6.07) is -1.52. The van der Waals surface area contributed by atoms with Crippen LogP contribution in [0.4, 0.5) is 4.79 Å². The Labute approximate surface area is 113 Å². The normalized spacial score (nSPS) is 14.5. The average molecular weight is 294 g/mol. The molecule has 0 saturated heterocycles. The van der Waals surface area contributed by atoms with Gasteiger partial charge in [-0.2, -0.15) is 0 Å². The van der Waals surface area contributed by atoms with Gasteiger partial charge in [-0.15, -0.1) is 0 Å². The highest BCUT2D eigenvalue weighted by Gasteiger charge is 2.17. The number of urea groups is 1. The van der Waals surface area contributed by atoms with E-state index in [4.69, 9.17) is 5.11 Å². The minimum atomic E-state index is -3.16. The molecule has 2 atom stereocenters. The van der Waals surface area contributed by atoms with E-state index in [0.717, 1.165) is 12.7 Å². The molecule has 0 saturated carbocycles. The number of aliphatic carboxylic acids is 1. The van der Waals surface area contributed by atoms with Crippen LogP contribution < -0.4 is 10.6 Å². The maximum absolute atomic E-state index is 11.6. The zero-order valence-corrected chi connectivity index (χ0v) is 12.3. The van der Waals surface area contributed by atoms with Crippen LogP contribution in [0.15, 0.2) is 0 Å². The van der Waals surface area contributed by atoms with Crippen LogP contribution in [0.5, 0.6) is 0 Å². The predicted octanol–water partition coefficient (Wildman–Crippen LogP) is 0.362. The number of carbonyl (C=O) groups is 2. The fourth-order valence-corrected chi connectivity index (χ4v) is 2.72. The van der Waals surface area contributed by atoms with Crippen LogP contribution in [-0.2, 0) is 14.6 Å². The molecule has 3 N–H and O–H groups in total. The van der Waals surface area contributed by atoms with Crippen molar-refractivity contribution in [3.05, 3.63) is 0 Å². The third kappa shape index (κ3) is 10.3. The maximum atomic E-state index is 11.6. The number of sulfone groups is 1. The Balaban J connectivity index is 4.29. The molecule has 0 aliphatic heterocycles. The standard InChI is InChI=1S/C11H22N2O5S/c1-4-5-9(6-10(14)15)13-11(16)12-8(2)7-19(3,17)18/h8-9H,4-7H2,1-3H3,(H,14,15)(H2,12,13,16). The van der Waals surface area contributed by atoms with Gasteiger partial charge in [0.25, 0.3) is 0 Å². The van der Waals surface area contributed by atoms with Crippen molar-refractivity contribution in [3.8, 4) is 0 Å². The molecule has 2 unspecified atom stereocenters. The molecule has 8 heteroatoms. The Bertz CT molecular complexity index is 407. The molecule has 7 nitrogen and oxygen atoms in total. The first-order valence-corrected chi connectivity index (χ1v) is 8.16. The van der Waals surface area contributed by atoms with Gasteiger partial charge in [-0.05, 0) is 13.3 Å². The van der Waals surface area contributed by atoms with E-state index in [1.54, 1.807) is 6.92 Å². The predicted molar refractivity (Wildman–Crippen MR) is 71.8 cm³/mol. The largest absolute Gasteiger partial charge is 0.481 e. The topological polar surface area (TPSA) is 113 Å². The van der Waals surface area contributed by atoms with Crippen LogP contribution in [0.25, 0.3) is 0 Å². The second-order valence-electron chi connectivity index (χ2n) is 4.69. The van der Waals surface area contributed by atoms with E-state index >= 15 is 0 Å². The second kappa shape index (κ2) is 7.98. The van der Waals surface area contributed by atoms with Gasteiger partial charge < -0.3 is 15.7 Å². The Morgan fingerprint density at radius 3 is 2.26 bits per heavy atom. The van der Waals surface area contributed by atoms with Crippen molar-refractivity contribution >= 4 is 21.8 Å². The molecule has 0 fully saturated rings. The summed E-state index contributed by atoms with van der Waals surface area (Å²) >= 11 is 0. The molecular weight excluding hydrogens is 272 g/mol. The zero-order valence-electron chi connectivity index (χ0n) is 11.5. The minimum Gasteiger partial charge on any atom is -0.481 e. The van der Waals surface area contributed by atoms with Crippen LogP contribution in [-0.4, -0.2) is 49.6 Å². The maximum Gasteiger partial charge on any atom is 0.315 e. The minimum absolute atomic E-state index is 0.151. The zero-order chi connectivity index (χ0) is 15.1. The summed E-state index contributed by atoms with van der Waals surface area (Å²) in [6.07, 6.45) is 2.24. The van der Waals surface area contributed by atoms with Crippen molar-refractivity contribution in [2.24, 2.45) is 0 Å². The molecule has 0 aromatic rings. The number of amides is 2. The van der Waals surface area contributed by atoms with E-state index < -0.39 is 33.9 Å². The van der Waals surface area contributed by atoms with Crippen molar-refractivity contribution in [1.29, 1.82) is 0 Å². The summed E-state index contributed by atoms with van der Waals surface area (Å²) < 4.78 is 22.1. The van der Waals surface area contributed by atoms with Gasteiger partial charge in [0.05, 0.1) is 12.2 Å². The van der Waals surface area contributed by atoms with Crippen molar-refractivity contribution in [2.75, 3.05) is 12.0 Å². The van der Waals surface area contributed by atoms with Gasteiger partial charge >= 0.3 is 12.0 Å². The van der Waals surface area contributed by atoms with Crippen molar-refractivity contribution in [3.63, 3.8) is 0 Å². The molecule has 19 heavy (non-hydrogen) atoms. The van der Waals surface area contributed by atoms with Crippen molar-refractivity contribution < 1.29 is 23.1 Å². The molecule has 0 spiro atoms. The molecule has 0 aliphatic carbocycles. The average Bonchev–Trinajstić information content (AvgIpc) is 2.12. The molecule has 2 amide bonds. The fraction of sp³-hybridized carbons (Fsp3) is 0.818. The number of hydrogen-bond acceptors (Lipinski definition) is 4. The molecule has 0 aromatic carbocycles. The van der Waals surface area contributed by atoms with E-state index in [9.17, 15) is 18.0 Å². The number of hydrogen-bond donors (Lipinski definition) is 3. The van der Waals surface area contributed by atoms with Gasteiger partial charge in [0.15, 0.2) is 0 Å². The first-order valence-electron chi connectivity index (χ1n) is 6.10. The number of nitrogens with one attached hydrogen (secondary N) is 2. The molecule has 0 radical (unpaired) electrons. The summed E-state index contributed by atoms with van der Waals surface area (Å²) in [7, 11) is -3.16. The number of carbonyl (C=O) groups excluding carboxylic acids is 1. The summed E-state index contributed by atoms with van der Waals surface area (Å²) in [5.41, 5.74) is 0. The van der Waals surface area contributed by atoms with E-state index in [1.165, 1.54) is 0 Å². The number of carboxylic acid groups (broad SMARTS) is 1. The Kier molecular flexibility index (Phi) is 7.43. The highest BCUT2D eigenvalue weighted by molar-refractivity contribution is 7.90. The third-order valence-electron chi connectivity index (χ3n) is 2.32. The third-order valence-corrected chi connectivity index (χ3v) is 3.43. The van der Waals surface area contributed by atoms with E-state index in [2.05, 4.69) is 10.6 Å². The SMILES string of the molecule is CCCC(CC(=O)O)NC(=O)NC(C)CS(C)(=O)=O. The van der Waals surface area contributed by atoms with Gasteiger partial charge in [0.2, 0.25) is 0 Å². The van der Waals surface area contributed by atoms with E-state index in [-0.39, 0.29) is 12.2 Å². The lowest BCUT2D eigenvalue weighted by molar-refractivity contribution is -0.137. The van der Waals surface area contributed by atoms with Gasteiger partial charge in [-0.1, -0.05) is 13.3 Å². The van der Waals surface area contributed by atoms with Crippen LogP contribution in [0, 0.1) is 0 Å². The molecule has 0 aliphatic rings. The van der Waals surface area contributed by atoms with Crippen LogP contribution in [0.2, 0.25) is 0 Å². The fourth-order valence-electron chi connectivity index (χ4n) is 1.73. The van der Waals surface area contributed by atoms with E-state index in [1.807, 2.05) is 6.92 Å². The van der Waals surface area contributed by atoms with Crippen molar-refractivity contribution in [2.45, 2.75) is 45.2 Å². The van der Waals surface area contributed by atoms with Crippen LogP contribution in [0.3, 0.4) is 0 Å². The number of carboxylic acids is 1. The quantitative estimate of drug-likeness (QED) is 0.598. The van der Waals surface area contributed by atoms with Crippen LogP contribution in [0.1, 0.15) is 33.1 Å². The molecule has 0 rings (SSSR count). The highest BCUT2D eigenvalue weighted by Crippen LogP contribution is 2.02. The van der Waals surface area contributed by atoms with Gasteiger partial charge in [-0.25, -0.2) is 13.2 Å². The molecule has 112 valence electrons. The van der Waals surface area contributed by atoms with Crippen molar-refractivity contribution in [1.82, 2.24) is 10.6 Å². The smallest absolute Gasteiger partial charge is 0.315 e. The first kappa shape index (κ1) is 17.7. The lowest BCUT2D eigenvalue weighted by Gasteiger charge is -2.19. The monoisotopic (exact) mass is 294 g/mol. The first-order chi connectivity index (χ1) is 8.64. The lowest BCUT2D eigenvalue weighted by atomic mass is 10.1. The molecule has 0 heterocycles. The summed E-state index contributed by atoms with van der Waals surface area (Å²) in [4.78, 5) is 22.2. The second-order valence-corrected chi connectivity index (χ2v) is 6.88. The highest BCUT2D eigenvalue weighted by atomic mass is 32.2. The Morgan fingerprint density at radius 2 is 1.84 bits per heavy atom. The molecular formula is C11H22N2O5S. The lowest BCUT2D eigenvalue weighted by Crippen LogP contribution is -2.47. The summed E-state index contributed by atoms with van der Waals surface area (Å²) in [5, 5.41) is 13.7. The van der Waals surface area contributed by atoms with Gasteiger partial charge in [-0.3, -0.25) is 4.79 Å². The van der Waals surface area contributed by atoms with E-state index in [0.29, 0.717) is 6.42 Å². The Morgan fingerprint density at radius 1 is 1.26 bits per heavy atom. The number of rotatable bonds is 8. The molecule has 0 aromatic heterocycles.